The molecule has 3 aromatic rings. The van der Waals surface area contributed by atoms with Crippen LogP contribution in [0.2, 0.25) is 0 Å². The summed E-state index contributed by atoms with van der Waals surface area (Å²) in [7, 11) is 1.44. The summed E-state index contributed by atoms with van der Waals surface area (Å²) in [6.07, 6.45) is 3.50. The third-order valence-corrected chi connectivity index (χ3v) is 5.03. The van der Waals surface area contributed by atoms with Crippen LogP contribution >= 0.6 is 0 Å². The van der Waals surface area contributed by atoms with E-state index in [4.69, 9.17) is 14.6 Å². The lowest BCUT2D eigenvalue weighted by molar-refractivity contribution is -0.138. The van der Waals surface area contributed by atoms with Crippen LogP contribution < -0.4 is 4.74 Å². The molecule has 0 radical (unpaired) electrons. The highest BCUT2D eigenvalue weighted by Gasteiger charge is 2.14. The van der Waals surface area contributed by atoms with E-state index in [1.165, 1.54) is 12.7 Å². The normalized spacial score (nSPS) is 11.8. The molecule has 0 bridgehead atoms. The maximum absolute atomic E-state index is 11.7. The van der Waals surface area contributed by atoms with Crippen LogP contribution in [0.5, 0.6) is 5.75 Å². The predicted octanol–water partition coefficient (Wildman–Crippen LogP) is 5.71. The molecule has 0 spiro atoms. The molecule has 0 atom stereocenters. The van der Waals surface area contributed by atoms with Crippen molar-refractivity contribution in [2.45, 2.75) is 13.3 Å². The zero-order chi connectivity index (χ0) is 23.6. The maximum Gasteiger partial charge on any atom is 0.337 e. The van der Waals surface area contributed by atoms with Gasteiger partial charge in [0.1, 0.15) is 12.4 Å². The Morgan fingerprint density at radius 2 is 1.45 bits per heavy atom. The summed E-state index contributed by atoms with van der Waals surface area (Å²) in [5.41, 5.74) is 6.16. The molecule has 33 heavy (non-hydrogen) atoms. The molecule has 5 nitrogen and oxygen atoms in total. The second-order valence-electron chi connectivity index (χ2n) is 7.30. The van der Waals surface area contributed by atoms with E-state index in [1.54, 1.807) is 18.2 Å². The summed E-state index contributed by atoms with van der Waals surface area (Å²) < 4.78 is 10.1. The molecule has 0 aliphatic carbocycles. The van der Waals surface area contributed by atoms with Crippen LogP contribution in [0, 0.1) is 0 Å². The summed E-state index contributed by atoms with van der Waals surface area (Å²) in [6, 6.07) is 25.4. The first-order valence-electron chi connectivity index (χ1n) is 10.6. The minimum atomic E-state index is -0.983. The molecule has 0 aromatic heterocycles. The number of methoxy groups -OCH3 is 1. The fourth-order valence-corrected chi connectivity index (χ4v) is 3.58. The maximum atomic E-state index is 11.7. The first-order valence-corrected chi connectivity index (χ1v) is 10.6. The predicted molar refractivity (Wildman–Crippen MR) is 130 cm³/mol. The molecule has 5 heteroatoms. The minimum Gasteiger partial charge on any atom is -0.478 e. The zero-order valence-corrected chi connectivity index (χ0v) is 18.7. The lowest BCUT2D eigenvalue weighted by atomic mass is 9.88. The second kappa shape index (κ2) is 11.6. The smallest absolute Gasteiger partial charge is 0.337 e. The van der Waals surface area contributed by atoms with Crippen LogP contribution in [0.4, 0.5) is 0 Å². The number of carboxylic acid groups (broad SMARTS) is 1. The average molecular weight is 443 g/mol. The van der Waals surface area contributed by atoms with Gasteiger partial charge < -0.3 is 14.6 Å². The number of ether oxygens (including phenoxy) is 2. The Balaban J connectivity index is 2.06. The van der Waals surface area contributed by atoms with E-state index in [0.717, 1.165) is 40.3 Å². The Labute approximate surface area is 193 Å². The van der Waals surface area contributed by atoms with Crippen molar-refractivity contribution in [1.82, 2.24) is 0 Å². The Morgan fingerprint density at radius 3 is 2.00 bits per heavy atom. The van der Waals surface area contributed by atoms with Gasteiger partial charge >= 0.3 is 11.9 Å². The number of benzene rings is 3. The van der Waals surface area contributed by atoms with Crippen molar-refractivity contribution in [3.8, 4) is 5.75 Å². The van der Waals surface area contributed by atoms with Gasteiger partial charge in [-0.2, -0.15) is 0 Å². The van der Waals surface area contributed by atoms with Crippen LogP contribution in [-0.2, 0) is 14.3 Å². The standard InChI is InChI=1S/C28H26O5/c1-3-25(21-7-5-4-6-8-21)28(22-12-9-20(10-13-22)11-18-26(29)30)23-14-16-24(17-15-23)33-27(31)19-32-2/h4-18H,3,19H2,1-2H3,(H,29,30). The molecule has 0 aliphatic rings. The number of carbonyl (C=O) groups is 2. The molecule has 0 unspecified atom stereocenters. The monoisotopic (exact) mass is 442 g/mol. The quantitative estimate of drug-likeness (QED) is 0.199. The van der Waals surface area contributed by atoms with Crippen molar-refractivity contribution in [3.05, 3.63) is 107 Å². The van der Waals surface area contributed by atoms with E-state index in [-0.39, 0.29) is 6.61 Å². The molecular formula is C28H26O5. The molecule has 1 N–H and O–H groups in total. The van der Waals surface area contributed by atoms with E-state index in [1.807, 2.05) is 54.6 Å². The molecule has 3 aromatic carbocycles. The highest BCUT2D eigenvalue weighted by Crippen LogP contribution is 2.35. The van der Waals surface area contributed by atoms with Crippen LogP contribution in [0.1, 0.15) is 35.6 Å². The molecule has 0 fully saturated rings. The molecule has 0 heterocycles. The van der Waals surface area contributed by atoms with E-state index >= 15 is 0 Å². The zero-order valence-electron chi connectivity index (χ0n) is 18.7. The molecule has 0 aliphatic heterocycles. The lowest BCUT2D eigenvalue weighted by Crippen LogP contribution is -2.14. The number of hydrogen-bond donors (Lipinski definition) is 1. The molecule has 0 amide bonds. The van der Waals surface area contributed by atoms with Gasteiger partial charge in [-0.15, -0.1) is 0 Å². The van der Waals surface area contributed by atoms with Gasteiger partial charge in [-0.25, -0.2) is 9.59 Å². The topological polar surface area (TPSA) is 72.8 Å². The van der Waals surface area contributed by atoms with Gasteiger partial charge in [0, 0.05) is 13.2 Å². The largest absolute Gasteiger partial charge is 0.478 e. The highest BCUT2D eigenvalue weighted by molar-refractivity contribution is 5.98. The lowest BCUT2D eigenvalue weighted by Gasteiger charge is -2.17. The molecular weight excluding hydrogens is 416 g/mol. The van der Waals surface area contributed by atoms with Gasteiger partial charge in [0.05, 0.1) is 0 Å². The third-order valence-electron chi connectivity index (χ3n) is 5.03. The molecule has 3 rings (SSSR count). The first kappa shape index (κ1) is 23.7. The van der Waals surface area contributed by atoms with Crippen molar-refractivity contribution in [2.24, 2.45) is 0 Å². The van der Waals surface area contributed by atoms with Gasteiger partial charge in [0.25, 0.3) is 0 Å². The summed E-state index contributed by atoms with van der Waals surface area (Å²) >= 11 is 0. The first-order chi connectivity index (χ1) is 16.0. The van der Waals surface area contributed by atoms with Crippen LogP contribution in [0.15, 0.2) is 84.9 Å². The molecule has 0 saturated heterocycles. The Hall–Kier alpha value is -3.96. The van der Waals surface area contributed by atoms with Crippen LogP contribution in [0.3, 0.4) is 0 Å². The summed E-state index contributed by atoms with van der Waals surface area (Å²) in [5.74, 6) is -0.986. The van der Waals surface area contributed by atoms with Gasteiger partial charge in [0.15, 0.2) is 0 Å². The number of hydrogen-bond acceptors (Lipinski definition) is 4. The van der Waals surface area contributed by atoms with Crippen molar-refractivity contribution in [1.29, 1.82) is 0 Å². The fraction of sp³-hybridized carbons (Fsp3) is 0.143. The Kier molecular flexibility index (Phi) is 8.33. The molecule has 0 saturated carbocycles. The third kappa shape index (κ3) is 6.51. The highest BCUT2D eigenvalue weighted by atomic mass is 16.6. The van der Waals surface area contributed by atoms with Crippen molar-refractivity contribution >= 4 is 29.2 Å². The molecule has 168 valence electrons. The Bertz CT molecular complexity index is 1140. The number of carbonyl (C=O) groups excluding carboxylic acids is 1. The number of allylic oxidation sites excluding steroid dienone is 1. The van der Waals surface area contributed by atoms with E-state index < -0.39 is 11.9 Å². The second-order valence-corrected chi connectivity index (χ2v) is 7.30. The fourth-order valence-electron chi connectivity index (χ4n) is 3.58. The van der Waals surface area contributed by atoms with Crippen molar-refractivity contribution in [3.63, 3.8) is 0 Å². The number of aliphatic carboxylic acids is 1. The van der Waals surface area contributed by atoms with E-state index in [9.17, 15) is 9.59 Å². The number of carboxylic acids is 1. The van der Waals surface area contributed by atoms with Crippen LogP contribution in [-0.4, -0.2) is 30.8 Å². The summed E-state index contributed by atoms with van der Waals surface area (Å²) in [4.78, 5) is 22.5. The van der Waals surface area contributed by atoms with E-state index in [2.05, 4.69) is 19.1 Å². The average Bonchev–Trinajstić information content (AvgIpc) is 2.83. The van der Waals surface area contributed by atoms with Gasteiger partial charge in [-0.3, -0.25) is 0 Å². The van der Waals surface area contributed by atoms with Gasteiger partial charge in [0.2, 0.25) is 0 Å². The number of rotatable bonds is 9. The van der Waals surface area contributed by atoms with Gasteiger partial charge in [-0.05, 0) is 58.0 Å². The summed E-state index contributed by atoms with van der Waals surface area (Å²) in [5, 5.41) is 8.87. The van der Waals surface area contributed by atoms with Gasteiger partial charge in [-0.1, -0.05) is 73.7 Å². The van der Waals surface area contributed by atoms with Crippen LogP contribution in [0.25, 0.3) is 17.2 Å². The van der Waals surface area contributed by atoms with Crippen molar-refractivity contribution < 1.29 is 24.2 Å². The van der Waals surface area contributed by atoms with Crippen molar-refractivity contribution in [2.75, 3.05) is 13.7 Å². The SMILES string of the molecule is CCC(=C(c1ccc(C=CC(=O)O)cc1)c1ccc(OC(=O)COC)cc1)c1ccccc1. The van der Waals surface area contributed by atoms with E-state index in [0.29, 0.717) is 5.75 Å². The number of esters is 1. The summed E-state index contributed by atoms with van der Waals surface area (Å²) in [6.45, 7) is 2.01. The minimum absolute atomic E-state index is 0.108. The Morgan fingerprint density at radius 1 is 0.848 bits per heavy atom.